The molecule has 1 aromatic heterocycles. The summed E-state index contributed by atoms with van der Waals surface area (Å²) >= 11 is 0. The second-order valence-electron chi connectivity index (χ2n) is 7.66. The quantitative estimate of drug-likeness (QED) is 0.727. The maximum Gasteiger partial charge on any atom is 0.224 e. The molecule has 1 aliphatic heterocycles. The number of aryl methyl sites for hydroxylation is 1. The molecular formula is C23H24N2O3. The maximum absolute atomic E-state index is 12.7. The van der Waals surface area contributed by atoms with Crippen LogP contribution in [-0.2, 0) is 24.1 Å². The number of fused-ring (bicyclic) bond motifs is 4. The summed E-state index contributed by atoms with van der Waals surface area (Å²) < 4.78 is 10.9. The van der Waals surface area contributed by atoms with Crippen molar-refractivity contribution >= 4 is 16.8 Å². The van der Waals surface area contributed by atoms with Crippen molar-refractivity contribution in [2.45, 2.75) is 38.1 Å². The van der Waals surface area contributed by atoms with E-state index in [0.717, 1.165) is 60.6 Å². The van der Waals surface area contributed by atoms with Gasteiger partial charge in [0.05, 0.1) is 26.2 Å². The van der Waals surface area contributed by atoms with Crippen LogP contribution < -0.4 is 14.8 Å². The maximum atomic E-state index is 12.7. The molecule has 0 bridgehead atoms. The highest BCUT2D eigenvalue weighted by Gasteiger charge is 2.26. The van der Waals surface area contributed by atoms with Gasteiger partial charge in [-0.25, -0.2) is 0 Å². The number of aromatic nitrogens is 1. The number of ether oxygens (including phenoxy) is 2. The Bertz CT molecular complexity index is 1050. The summed E-state index contributed by atoms with van der Waals surface area (Å²) in [5, 5.41) is 4.45. The third kappa shape index (κ3) is 3.01. The molecule has 0 saturated carbocycles. The zero-order valence-corrected chi connectivity index (χ0v) is 16.0. The van der Waals surface area contributed by atoms with E-state index < -0.39 is 0 Å². The van der Waals surface area contributed by atoms with Gasteiger partial charge in [0.2, 0.25) is 5.91 Å². The van der Waals surface area contributed by atoms with Crippen LogP contribution in [-0.4, -0.2) is 24.6 Å². The van der Waals surface area contributed by atoms with Crippen molar-refractivity contribution in [3.05, 3.63) is 58.8 Å². The Kier molecular flexibility index (Phi) is 4.23. The largest absolute Gasteiger partial charge is 0.497 e. The highest BCUT2D eigenvalue weighted by atomic mass is 16.5. The fraction of sp³-hybridized carbons (Fsp3) is 0.348. The normalized spacial score (nSPS) is 17.7. The molecule has 2 aliphatic rings. The number of carbonyl (C=O) groups is 1. The van der Waals surface area contributed by atoms with Crippen LogP contribution in [0, 0.1) is 0 Å². The van der Waals surface area contributed by atoms with Crippen molar-refractivity contribution in [2.24, 2.45) is 0 Å². The number of H-pyrrole nitrogens is 1. The molecule has 5 rings (SSSR count). The molecule has 1 amide bonds. The van der Waals surface area contributed by atoms with Crippen LogP contribution >= 0.6 is 0 Å². The van der Waals surface area contributed by atoms with Gasteiger partial charge in [0.1, 0.15) is 11.5 Å². The van der Waals surface area contributed by atoms with Crippen molar-refractivity contribution in [1.29, 1.82) is 0 Å². The number of carbonyl (C=O) groups excluding carboxylic acids is 1. The fourth-order valence-corrected chi connectivity index (χ4v) is 4.49. The Morgan fingerprint density at radius 3 is 3.07 bits per heavy atom. The summed E-state index contributed by atoms with van der Waals surface area (Å²) in [4.78, 5) is 16.3. The molecule has 5 heteroatoms. The van der Waals surface area contributed by atoms with Gasteiger partial charge in [0.25, 0.3) is 0 Å². The summed E-state index contributed by atoms with van der Waals surface area (Å²) in [6, 6.07) is 12.2. The second kappa shape index (κ2) is 6.89. The molecule has 0 radical (unpaired) electrons. The molecule has 3 aromatic rings. The monoisotopic (exact) mass is 376 g/mol. The van der Waals surface area contributed by atoms with E-state index in [9.17, 15) is 4.79 Å². The van der Waals surface area contributed by atoms with Crippen molar-refractivity contribution < 1.29 is 14.3 Å². The predicted molar refractivity (Wildman–Crippen MR) is 108 cm³/mol. The van der Waals surface area contributed by atoms with E-state index in [0.29, 0.717) is 6.42 Å². The minimum Gasteiger partial charge on any atom is -0.497 e. The summed E-state index contributed by atoms with van der Waals surface area (Å²) in [5.74, 6) is 1.88. The molecule has 0 fully saturated rings. The summed E-state index contributed by atoms with van der Waals surface area (Å²) in [6.07, 6.45) is 4.38. The SMILES string of the molecule is COc1ccc2[nH]c3c(c2c1)CCCC3NC(=O)Cc1ccc2c(c1)CCO2. The van der Waals surface area contributed by atoms with Gasteiger partial charge in [-0.05, 0) is 60.2 Å². The zero-order valence-electron chi connectivity index (χ0n) is 16.0. The van der Waals surface area contributed by atoms with E-state index in [1.54, 1.807) is 7.11 Å². The Hall–Kier alpha value is -2.95. The molecule has 5 nitrogen and oxygen atoms in total. The number of aromatic amines is 1. The lowest BCUT2D eigenvalue weighted by Gasteiger charge is -2.24. The standard InChI is InChI=1S/C23H24N2O3/c1-27-16-6-7-19-18(13-16)17-3-2-4-20(23(17)25-19)24-22(26)12-14-5-8-21-15(11-14)9-10-28-21/h5-8,11,13,20,25H,2-4,9-10,12H2,1H3,(H,24,26). The van der Waals surface area contributed by atoms with Crippen molar-refractivity contribution in [2.75, 3.05) is 13.7 Å². The lowest BCUT2D eigenvalue weighted by molar-refractivity contribution is -0.121. The van der Waals surface area contributed by atoms with Crippen LogP contribution in [0.15, 0.2) is 36.4 Å². The summed E-state index contributed by atoms with van der Waals surface area (Å²) in [6.45, 7) is 0.737. The first-order valence-electron chi connectivity index (χ1n) is 9.94. The molecule has 1 aliphatic carbocycles. The Labute approximate surface area is 164 Å². The highest BCUT2D eigenvalue weighted by Crippen LogP contribution is 2.36. The number of hydrogen-bond donors (Lipinski definition) is 2. The van der Waals surface area contributed by atoms with E-state index in [2.05, 4.69) is 28.5 Å². The molecular weight excluding hydrogens is 352 g/mol. The topological polar surface area (TPSA) is 63.3 Å². The van der Waals surface area contributed by atoms with Crippen LogP contribution in [0.1, 0.15) is 41.3 Å². The predicted octanol–water partition coefficient (Wildman–Crippen LogP) is 3.85. The van der Waals surface area contributed by atoms with Gasteiger partial charge in [-0.1, -0.05) is 12.1 Å². The van der Waals surface area contributed by atoms with Gasteiger partial charge in [-0.2, -0.15) is 0 Å². The van der Waals surface area contributed by atoms with Crippen LogP contribution in [0.5, 0.6) is 11.5 Å². The minimum atomic E-state index is 0.0346. The van der Waals surface area contributed by atoms with Crippen LogP contribution in [0.4, 0.5) is 0 Å². The molecule has 1 atom stereocenters. The van der Waals surface area contributed by atoms with E-state index in [1.165, 1.54) is 16.5 Å². The van der Waals surface area contributed by atoms with Crippen LogP contribution in [0.2, 0.25) is 0 Å². The molecule has 1 unspecified atom stereocenters. The van der Waals surface area contributed by atoms with Crippen molar-refractivity contribution in [1.82, 2.24) is 10.3 Å². The first kappa shape index (κ1) is 17.2. The number of nitrogens with one attached hydrogen (secondary N) is 2. The molecule has 2 N–H and O–H groups in total. The summed E-state index contributed by atoms with van der Waals surface area (Å²) in [5.41, 5.74) is 5.80. The minimum absolute atomic E-state index is 0.0346. The Morgan fingerprint density at radius 2 is 2.18 bits per heavy atom. The lowest BCUT2D eigenvalue weighted by Crippen LogP contribution is -2.32. The van der Waals surface area contributed by atoms with Gasteiger partial charge in [-0.3, -0.25) is 4.79 Å². The number of amides is 1. The van der Waals surface area contributed by atoms with Crippen molar-refractivity contribution in [3.63, 3.8) is 0 Å². The van der Waals surface area contributed by atoms with Gasteiger partial charge in [0, 0.05) is 23.0 Å². The summed E-state index contributed by atoms with van der Waals surface area (Å²) in [7, 11) is 1.69. The van der Waals surface area contributed by atoms with E-state index in [4.69, 9.17) is 9.47 Å². The molecule has 28 heavy (non-hydrogen) atoms. The number of methoxy groups -OCH3 is 1. The average molecular weight is 376 g/mol. The smallest absolute Gasteiger partial charge is 0.224 e. The van der Waals surface area contributed by atoms with Gasteiger partial charge < -0.3 is 19.8 Å². The van der Waals surface area contributed by atoms with E-state index >= 15 is 0 Å². The first-order valence-corrected chi connectivity index (χ1v) is 9.94. The number of benzene rings is 2. The molecule has 0 saturated heterocycles. The number of rotatable bonds is 4. The van der Waals surface area contributed by atoms with Crippen LogP contribution in [0.3, 0.4) is 0 Å². The number of hydrogen-bond acceptors (Lipinski definition) is 3. The average Bonchev–Trinajstić information content (AvgIpc) is 3.32. The van der Waals surface area contributed by atoms with Gasteiger partial charge in [-0.15, -0.1) is 0 Å². The third-order valence-corrected chi connectivity index (χ3v) is 5.87. The highest BCUT2D eigenvalue weighted by molar-refractivity contribution is 5.87. The lowest BCUT2D eigenvalue weighted by atomic mass is 9.91. The Balaban J connectivity index is 1.35. The van der Waals surface area contributed by atoms with Gasteiger partial charge >= 0.3 is 0 Å². The fourth-order valence-electron chi connectivity index (χ4n) is 4.49. The second-order valence-corrected chi connectivity index (χ2v) is 7.66. The van der Waals surface area contributed by atoms with Crippen LogP contribution in [0.25, 0.3) is 10.9 Å². The zero-order chi connectivity index (χ0) is 19.1. The van der Waals surface area contributed by atoms with Crippen molar-refractivity contribution in [3.8, 4) is 11.5 Å². The molecule has 144 valence electrons. The first-order chi connectivity index (χ1) is 13.7. The van der Waals surface area contributed by atoms with Gasteiger partial charge in [0.15, 0.2) is 0 Å². The molecule has 2 aromatic carbocycles. The van der Waals surface area contributed by atoms with E-state index in [-0.39, 0.29) is 11.9 Å². The molecule has 0 spiro atoms. The van der Waals surface area contributed by atoms with E-state index in [1.807, 2.05) is 18.2 Å². The third-order valence-electron chi connectivity index (χ3n) is 5.87. The molecule has 2 heterocycles. The Morgan fingerprint density at radius 1 is 1.25 bits per heavy atom.